The van der Waals surface area contributed by atoms with Gasteiger partial charge in [-0.2, -0.15) is 0 Å². The van der Waals surface area contributed by atoms with E-state index in [1.807, 2.05) is 12.1 Å². The lowest BCUT2D eigenvalue weighted by Crippen LogP contribution is -2.24. The van der Waals surface area contributed by atoms with Crippen LogP contribution < -0.4 is 5.73 Å². The van der Waals surface area contributed by atoms with Gasteiger partial charge in [0.1, 0.15) is 0 Å². The van der Waals surface area contributed by atoms with E-state index >= 15 is 0 Å². The molecule has 0 aromatic heterocycles. The van der Waals surface area contributed by atoms with Crippen molar-refractivity contribution in [3.8, 4) is 0 Å². The molecule has 96 valence electrons. The lowest BCUT2D eigenvalue weighted by Gasteiger charge is -2.18. The maximum atomic E-state index is 8.58. The zero-order valence-electron chi connectivity index (χ0n) is 10.4. The van der Waals surface area contributed by atoms with E-state index in [2.05, 4.69) is 24.1 Å². The van der Waals surface area contributed by atoms with Crippen LogP contribution in [0.2, 0.25) is 0 Å². The molecule has 0 aliphatic heterocycles. The van der Waals surface area contributed by atoms with Gasteiger partial charge in [0.2, 0.25) is 0 Å². The van der Waals surface area contributed by atoms with Crippen molar-refractivity contribution in [3.05, 3.63) is 35.4 Å². The number of aliphatic hydroxyl groups is 1. The lowest BCUT2D eigenvalue weighted by atomic mass is 10.1. The zero-order valence-corrected chi connectivity index (χ0v) is 10.4. The molecule has 0 unspecified atom stereocenters. The van der Waals surface area contributed by atoms with Gasteiger partial charge in [-0.05, 0) is 18.2 Å². The molecule has 0 spiro atoms. The highest BCUT2D eigenvalue weighted by molar-refractivity contribution is 5.26. The molecular formula is C13H22N2O2. The van der Waals surface area contributed by atoms with Crippen molar-refractivity contribution in [2.75, 3.05) is 33.4 Å². The van der Waals surface area contributed by atoms with Crippen molar-refractivity contribution in [3.63, 3.8) is 0 Å². The third kappa shape index (κ3) is 5.28. The Morgan fingerprint density at radius 3 is 2.59 bits per heavy atom. The number of nitrogens with two attached hydrogens (primary N) is 1. The number of likely N-dealkylation sites (N-methyl/N-ethyl adjacent to an activating group) is 1. The average Bonchev–Trinajstić information content (AvgIpc) is 2.35. The molecule has 0 aliphatic rings. The minimum Gasteiger partial charge on any atom is -0.394 e. The van der Waals surface area contributed by atoms with Crippen LogP contribution in [0.4, 0.5) is 0 Å². The molecule has 0 heterocycles. The van der Waals surface area contributed by atoms with Crippen LogP contribution in [0.15, 0.2) is 24.3 Å². The topological polar surface area (TPSA) is 58.7 Å². The summed E-state index contributed by atoms with van der Waals surface area (Å²) >= 11 is 0. The van der Waals surface area contributed by atoms with E-state index < -0.39 is 0 Å². The lowest BCUT2D eigenvalue weighted by molar-refractivity contribution is 0.0772. The summed E-state index contributed by atoms with van der Waals surface area (Å²) in [5.41, 5.74) is 8.15. The molecule has 1 rings (SSSR count). The predicted octanol–water partition coefficient (Wildman–Crippen LogP) is 0.586. The molecule has 1 aromatic rings. The van der Waals surface area contributed by atoms with Gasteiger partial charge in [0, 0.05) is 19.6 Å². The average molecular weight is 238 g/mol. The molecule has 4 nitrogen and oxygen atoms in total. The third-order valence-electron chi connectivity index (χ3n) is 2.63. The summed E-state index contributed by atoms with van der Waals surface area (Å²) in [5, 5.41) is 8.58. The first-order chi connectivity index (χ1) is 8.27. The summed E-state index contributed by atoms with van der Waals surface area (Å²) in [6.45, 7) is 3.43. The molecular weight excluding hydrogens is 216 g/mol. The van der Waals surface area contributed by atoms with Gasteiger partial charge in [0.25, 0.3) is 0 Å². The number of hydrogen-bond donors (Lipinski definition) is 2. The summed E-state index contributed by atoms with van der Waals surface area (Å²) in [6, 6.07) is 8.21. The van der Waals surface area contributed by atoms with E-state index in [4.69, 9.17) is 15.6 Å². The Labute approximate surface area is 103 Å². The van der Waals surface area contributed by atoms with Gasteiger partial charge in [-0.1, -0.05) is 24.3 Å². The van der Waals surface area contributed by atoms with Gasteiger partial charge in [0.05, 0.1) is 19.8 Å². The highest BCUT2D eigenvalue weighted by Crippen LogP contribution is 2.09. The second kappa shape index (κ2) is 8.20. The van der Waals surface area contributed by atoms with Crippen molar-refractivity contribution in [2.24, 2.45) is 5.73 Å². The third-order valence-corrected chi connectivity index (χ3v) is 2.63. The Bertz CT molecular complexity index is 318. The molecule has 0 bridgehead atoms. The highest BCUT2D eigenvalue weighted by Gasteiger charge is 2.03. The van der Waals surface area contributed by atoms with Gasteiger partial charge < -0.3 is 15.6 Å². The number of rotatable bonds is 8. The summed E-state index contributed by atoms with van der Waals surface area (Å²) < 4.78 is 5.23. The molecule has 0 radical (unpaired) electrons. The van der Waals surface area contributed by atoms with Gasteiger partial charge in [-0.3, -0.25) is 4.90 Å². The van der Waals surface area contributed by atoms with Crippen LogP contribution in [0.25, 0.3) is 0 Å². The molecule has 0 saturated heterocycles. The molecule has 0 fully saturated rings. The van der Waals surface area contributed by atoms with Crippen LogP contribution in [0.5, 0.6) is 0 Å². The number of aliphatic hydroxyl groups excluding tert-OH is 1. The largest absolute Gasteiger partial charge is 0.394 e. The number of hydrogen-bond acceptors (Lipinski definition) is 4. The van der Waals surface area contributed by atoms with Crippen molar-refractivity contribution >= 4 is 0 Å². The van der Waals surface area contributed by atoms with E-state index in [1.54, 1.807) is 0 Å². The first-order valence-electron chi connectivity index (χ1n) is 5.92. The standard InChI is InChI=1S/C13H22N2O2/c1-15(6-8-17-9-7-16)11-13-5-3-2-4-12(13)10-14/h2-5,16H,6-11,14H2,1H3. The van der Waals surface area contributed by atoms with Gasteiger partial charge in [-0.25, -0.2) is 0 Å². The van der Waals surface area contributed by atoms with E-state index in [0.717, 1.165) is 13.1 Å². The maximum Gasteiger partial charge on any atom is 0.0698 e. The fourth-order valence-electron chi connectivity index (χ4n) is 1.67. The SMILES string of the molecule is CN(CCOCCO)Cc1ccccc1CN. The van der Waals surface area contributed by atoms with Crippen molar-refractivity contribution in [1.82, 2.24) is 4.90 Å². The van der Waals surface area contributed by atoms with E-state index in [-0.39, 0.29) is 6.61 Å². The van der Waals surface area contributed by atoms with Crippen LogP contribution in [0.1, 0.15) is 11.1 Å². The van der Waals surface area contributed by atoms with Gasteiger partial charge >= 0.3 is 0 Å². The Balaban J connectivity index is 2.36. The molecule has 17 heavy (non-hydrogen) atoms. The van der Waals surface area contributed by atoms with Crippen LogP contribution in [-0.4, -0.2) is 43.4 Å². The molecule has 3 N–H and O–H groups in total. The van der Waals surface area contributed by atoms with Gasteiger partial charge in [0.15, 0.2) is 0 Å². The molecule has 4 heteroatoms. The number of ether oxygens (including phenoxy) is 1. The first kappa shape index (κ1) is 14.1. The Morgan fingerprint density at radius 2 is 1.94 bits per heavy atom. The van der Waals surface area contributed by atoms with E-state index in [0.29, 0.717) is 19.8 Å². The number of benzene rings is 1. The molecule has 0 saturated carbocycles. The Kier molecular flexibility index (Phi) is 6.81. The fraction of sp³-hybridized carbons (Fsp3) is 0.538. The smallest absolute Gasteiger partial charge is 0.0698 e. The number of nitrogens with zero attached hydrogens (tertiary/aromatic N) is 1. The first-order valence-corrected chi connectivity index (χ1v) is 5.92. The quantitative estimate of drug-likeness (QED) is 0.651. The normalized spacial score (nSPS) is 11.1. The second-order valence-electron chi connectivity index (χ2n) is 4.05. The van der Waals surface area contributed by atoms with Crippen LogP contribution in [0.3, 0.4) is 0 Å². The van der Waals surface area contributed by atoms with Crippen molar-refractivity contribution in [1.29, 1.82) is 0 Å². The summed E-state index contributed by atoms with van der Waals surface area (Å²) in [7, 11) is 2.05. The van der Waals surface area contributed by atoms with Crippen LogP contribution >= 0.6 is 0 Å². The minimum atomic E-state index is 0.0831. The minimum absolute atomic E-state index is 0.0831. The molecule has 1 aromatic carbocycles. The molecule has 0 aliphatic carbocycles. The van der Waals surface area contributed by atoms with Crippen LogP contribution in [-0.2, 0) is 17.8 Å². The molecule has 0 atom stereocenters. The van der Waals surface area contributed by atoms with Crippen LogP contribution in [0, 0.1) is 0 Å². The van der Waals surface area contributed by atoms with E-state index in [9.17, 15) is 0 Å². The zero-order chi connectivity index (χ0) is 12.5. The van der Waals surface area contributed by atoms with Gasteiger partial charge in [-0.15, -0.1) is 0 Å². The summed E-state index contributed by atoms with van der Waals surface area (Å²) in [6.07, 6.45) is 0. The Hall–Kier alpha value is -0.940. The maximum absolute atomic E-state index is 8.58. The molecule has 0 amide bonds. The second-order valence-corrected chi connectivity index (χ2v) is 4.05. The van der Waals surface area contributed by atoms with Crippen molar-refractivity contribution in [2.45, 2.75) is 13.1 Å². The van der Waals surface area contributed by atoms with E-state index in [1.165, 1.54) is 11.1 Å². The summed E-state index contributed by atoms with van der Waals surface area (Å²) in [4.78, 5) is 2.19. The predicted molar refractivity (Wildman–Crippen MR) is 68.6 cm³/mol. The fourth-order valence-corrected chi connectivity index (χ4v) is 1.67. The van der Waals surface area contributed by atoms with Crippen molar-refractivity contribution < 1.29 is 9.84 Å². The monoisotopic (exact) mass is 238 g/mol. The Morgan fingerprint density at radius 1 is 1.24 bits per heavy atom. The highest BCUT2D eigenvalue weighted by atomic mass is 16.5. The summed E-state index contributed by atoms with van der Waals surface area (Å²) in [5.74, 6) is 0.